The molecule has 0 radical (unpaired) electrons. The molecule has 0 saturated heterocycles. The lowest BCUT2D eigenvalue weighted by Gasteiger charge is -2.15. The van der Waals surface area contributed by atoms with Gasteiger partial charge in [0.05, 0.1) is 16.1 Å². The van der Waals surface area contributed by atoms with Crippen LogP contribution in [0.25, 0.3) is 5.69 Å². The minimum absolute atomic E-state index is 0.109. The maximum atomic E-state index is 13.7. The highest BCUT2D eigenvalue weighted by Gasteiger charge is 2.20. The van der Waals surface area contributed by atoms with Crippen molar-refractivity contribution < 1.29 is 22.7 Å². The van der Waals surface area contributed by atoms with Crippen molar-refractivity contribution in [3.63, 3.8) is 0 Å². The summed E-state index contributed by atoms with van der Waals surface area (Å²) >= 11 is 0. The van der Waals surface area contributed by atoms with Crippen molar-refractivity contribution in [3.05, 3.63) is 76.9 Å². The van der Waals surface area contributed by atoms with Crippen molar-refractivity contribution in [2.45, 2.75) is 24.8 Å². The van der Waals surface area contributed by atoms with E-state index in [4.69, 9.17) is 5.73 Å². The fraction of sp³-hybridized carbons (Fsp3) is 0.227. The highest BCUT2D eigenvalue weighted by Crippen LogP contribution is 2.26. The predicted octanol–water partition coefficient (Wildman–Crippen LogP) is 2.57. The first kappa shape index (κ1) is 22.7. The van der Waals surface area contributed by atoms with Crippen LogP contribution in [0.5, 0.6) is 0 Å². The number of nitrogens with zero attached hydrogens (tertiary/aromatic N) is 1. The summed E-state index contributed by atoms with van der Waals surface area (Å²) in [5, 5.41) is 12.2. The largest absolute Gasteiger partial charge is 0.396 e. The Morgan fingerprint density at radius 3 is 2.42 bits per heavy atom. The topological polar surface area (TPSA) is 114 Å². The van der Waals surface area contributed by atoms with E-state index in [1.165, 1.54) is 36.4 Å². The Morgan fingerprint density at radius 2 is 1.84 bits per heavy atom. The van der Waals surface area contributed by atoms with E-state index in [1.807, 2.05) is 0 Å². The van der Waals surface area contributed by atoms with E-state index < -0.39 is 15.7 Å². The van der Waals surface area contributed by atoms with Gasteiger partial charge in [-0.05, 0) is 61.0 Å². The number of aliphatic hydroxyl groups excluding tert-OH is 1. The van der Waals surface area contributed by atoms with E-state index in [0.717, 1.165) is 6.26 Å². The number of aromatic nitrogens is 1. The van der Waals surface area contributed by atoms with Crippen molar-refractivity contribution in [3.8, 4) is 5.69 Å². The minimum Gasteiger partial charge on any atom is -0.396 e. The summed E-state index contributed by atoms with van der Waals surface area (Å²) in [6.07, 6.45) is 1.40. The van der Waals surface area contributed by atoms with Crippen LogP contribution in [0.3, 0.4) is 0 Å². The summed E-state index contributed by atoms with van der Waals surface area (Å²) < 4.78 is 38.7. The van der Waals surface area contributed by atoms with Gasteiger partial charge in [0.15, 0.2) is 9.84 Å². The fourth-order valence-corrected chi connectivity index (χ4v) is 4.09. The first-order valence-electron chi connectivity index (χ1n) is 9.58. The second kappa shape index (κ2) is 9.01. The van der Waals surface area contributed by atoms with E-state index in [-0.39, 0.29) is 24.0 Å². The van der Waals surface area contributed by atoms with Crippen LogP contribution in [-0.4, -0.2) is 36.9 Å². The van der Waals surface area contributed by atoms with Gasteiger partial charge in [0.2, 0.25) is 0 Å². The van der Waals surface area contributed by atoms with Gasteiger partial charge < -0.3 is 20.7 Å². The predicted molar refractivity (Wildman–Crippen MR) is 117 cm³/mol. The lowest BCUT2D eigenvalue weighted by Crippen LogP contribution is -2.14. The van der Waals surface area contributed by atoms with Crippen LogP contribution in [-0.2, 0) is 22.8 Å². The number of nitrogens with one attached hydrogen (secondary N) is 1. The quantitative estimate of drug-likeness (QED) is 0.517. The highest BCUT2D eigenvalue weighted by atomic mass is 32.2. The summed E-state index contributed by atoms with van der Waals surface area (Å²) in [6.45, 7) is 1.74. The molecule has 31 heavy (non-hydrogen) atoms. The number of rotatable bonds is 7. The Morgan fingerprint density at radius 1 is 1.16 bits per heavy atom. The normalized spacial score (nSPS) is 11.5. The first-order chi connectivity index (χ1) is 14.7. The lowest BCUT2D eigenvalue weighted by molar-refractivity contribution is 0.102. The molecule has 1 heterocycles. The second-order valence-electron chi connectivity index (χ2n) is 7.17. The third-order valence-electron chi connectivity index (χ3n) is 4.98. The molecule has 7 nitrogen and oxygen atoms in total. The maximum absolute atomic E-state index is 13.7. The molecule has 0 spiro atoms. The smallest absolute Gasteiger partial charge is 0.257 e. The number of nitrogens with two attached hydrogens (primary N) is 1. The molecule has 0 aliphatic rings. The molecule has 0 aliphatic carbocycles. The van der Waals surface area contributed by atoms with Crippen LogP contribution >= 0.6 is 0 Å². The van der Waals surface area contributed by atoms with E-state index in [9.17, 15) is 22.7 Å². The summed E-state index contributed by atoms with van der Waals surface area (Å²) in [5.74, 6) is -0.799. The van der Waals surface area contributed by atoms with Gasteiger partial charge >= 0.3 is 0 Å². The van der Waals surface area contributed by atoms with Crippen molar-refractivity contribution >= 4 is 21.4 Å². The molecule has 0 unspecified atom stereocenters. The van der Waals surface area contributed by atoms with E-state index in [0.29, 0.717) is 40.3 Å². The molecule has 0 aliphatic heterocycles. The molecule has 4 N–H and O–H groups in total. The Hall–Kier alpha value is -3.01. The molecule has 0 saturated carbocycles. The summed E-state index contributed by atoms with van der Waals surface area (Å²) in [6, 6.07) is 11.8. The van der Waals surface area contributed by atoms with Crippen molar-refractivity contribution in [1.29, 1.82) is 0 Å². The van der Waals surface area contributed by atoms with Crippen molar-refractivity contribution in [2.75, 3.05) is 18.2 Å². The average Bonchev–Trinajstić information content (AvgIpc) is 3.04. The Bertz CT molecular complexity index is 1220. The Kier molecular flexibility index (Phi) is 6.59. The average molecular weight is 446 g/mol. The third kappa shape index (κ3) is 4.84. The van der Waals surface area contributed by atoms with Crippen molar-refractivity contribution in [1.82, 2.24) is 4.57 Å². The molecule has 1 amide bonds. The van der Waals surface area contributed by atoms with Gasteiger partial charge in [-0.1, -0.05) is 0 Å². The number of hydrogen-bond donors (Lipinski definition) is 3. The third-order valence-corrected chi connectivity index (χ3v) is 6.11. The van der Waals surface area contributed by atoms with E-state index in [1.54, 1.807) is 23.6 Å². The van der Waals surface area contributed by atoms with E-state index in [2.05, 4.69) is 5.32 Å². The van der Waals surface area contributed by atoms with Gasteiger partial charge in [0.1, 0.15) is 5.82 Å². The SMILES string of the molecule is Cc1c(C(=O)Nc2ccc(S(C)(=O)=O)cc2)cc(CCO)n1-c1ccc(F)cc1CN. The van der Waals surface area contributed by atoms with Crippen molar-refractivity contribution in [2.24, 2.45) is 5.73 Å². The highest BCUT2D eigenvalue weighted by molar-refractivity contribution is 7.90. The monoisotopic (exact) mass is 445 g/mol. The lowest BCUT2D eigenvalue weighted by atomic mass is 10.1. The van der Waals surface area contributed by atoms with Gasteiger partial charge in [-0.3, -0.25) is 4.79 Å². The van der Waals surface area contributed by atoms with Gasteiger partial charge in [-0.2, -0.15) is 0 Å². The summed E-state index contributed by atoms with van der Waals surface area (Å²) in [7, 11) is -3.33. The van der Waals surface area contributed by atoms with Crippen LogP contribution in [0, 0.1) is 12.7 Å². The molecule has 9 heteroatoms. The van der Waals surface area contributed by atoms with Gasteiger partial charge in [0, 0.05) is 42.9 Å². The maximum Gasteiger partial charge on any atom is 0.257 e. The molecular weight excluding hydrogens is 421 g/mol. The molecule has 0 bridgehead atoms. The minimum atomic E-state index is -3.33. The molecular formula is C22H24FN3O4S. The molecule has 164 valence electrons. The molecule has 0 atom stereocenters. The van der Waals surface area contributed by atoms with Crippen LogP contribution in [0.1, 0.15) is 27.3 Å². The zero-order chi connectivity index (χ0) is 22.8. The first-order valence-corrected chi connectivity index (χ1v) is 11.5. The van der Waals surface area contributed by atoms with Gasteiger partial charge in [-0.25, -0.2) is 12.8 Å². The Labute approximate surface area is 180 Å². The molecule has 3 aromatic rings. The van der Waals surface area contributed by atoms with Gasteiger partial charge in [-0.15, -0.1) is 0 Å². The number of amides is 1. The number of hydrogen-bond acceptors (Lipinski definition) is 5. The summed E-state index contributed by atoms with van der Waals surface area (Å²) in [5.41, 5.74) is 9.11. The number of halogens is 1. The van der Waals surface area contributed by atoms with Gasteiger partial charge in [0.25, 0.3) is 5.91 Å². The molecule has 1 aromatic heterocycles. The van der Waals surface area contributed by atoms with Crippen LogP contribution in [0.2, 0.25) is 0 Å². The number of carbonyl (C=O) groups excluding carboxylic acids is 1. The number of sulfone groups is 1. The molecule has 0 fully saturated rings. The van der Waals surface area contributed by atoms with E-state index >= 15 is 0 Å². The number of benzene rings is 2. The Balaban J connectivity index is 1.99. The fourth-order valence-electron chi connectivity index (χ4n) is 3.45. The second-order valence-corrected chi connectivity index (χ2v) is 9.19. The van der Waals surface area contributed by atoms with Crippen LogP contribution in [0.15, 0.2) is 53.4 Å². The van der Waals surface area contributed by atoms with Crippen LogP contribution in [0.4, 0.5) is 10.1 Å². The number of carbonyl (C=O) groups is 1. The zero-order valence-electron chi connectivity index (χ0n) is 17.2. The van der Waals surface area contributed by atoms with Crippen LogP contribution < -0.4 is 11.1 Å². The number of anilines is 1. The molecule has 3 rings (SSSR count). The molecule has 2 aromatic carbocycles. The number of aliphatic hydroxyl groups is 1. The summed E-state index contributed by atoms with van der Waals surface area (Å²) in [4.78, 5) is 13.1. The zero-order valence-corrected chi connectivity index (χ0v) is 18.0. The standard InChI is InChI=1S/C22H24FN3O4S/c1-14-20(22(28)25-17-4-6-19(7-5-17)31(2,29)30)12-18(9-10-27)26(14)21-8-3-16(23)11-15(21)13-24/h3-8,11-12,27H,9-10,13,24H2,1-2H3,(H,25,28).